The maximum atomic E-state index is 8.44. The topological polar surface area (TPSA) is 54.3 Å². The fourth-order valence-electron chi connectivity index (χ4n) is 1.82. The molecule has 1 heterocycles. The molecule has 4 heteroatoms. The fraction of sp³-hybridized carbons (Fsp3) is 0.462. The molecule has 0 aromatic heterocycles. The minimum Gasteiger partial charge on any atom is -0.479 e. The minimum atomic E-state index is 0.0906. The first-order chi connectivity index (χ1) is 8.38. The number of nitriles is 1. The molecule has 0 spiro atoms. The molecule has 0 bridgehead atoms. The maximum Gasteiger partial charge on any atom is 0.174 e. The Labute approximate surface area is 101 Å². The fourth-order valence-corrected chi connectivity index (χ4v) is 1.82. The van der Waals surface area contributed by atoms with E-state index in [4.69, 9.17) is 14.7 Å². The zero-order valence-electron chi connectivity index (χ0n) is 9.69. The summed E-state index contributed by atoms with van der Waals surface area (Å²) in [6, 6.07) is 10.2. The van der Waals surface area contributed by atoms with E-state index in [1.807, 2.05) is 30.3 Å². The molecule has 1 fully saturated rings. The summed E-state index contributed by atoms with van der Waals surface area (Å²) in [5.74, 6) is 0.744. The third kappa shape index (κ3) is 3.74. The van der Waals surface area contributed by atoms with Gasteiger partial charge in [0.1, 0.15) is 11.8 Å². The van der Waals surface area contributed by atoms with E-state index in [-0.39, 0.29) is 6.61 Å². The van der Waals surface area contributed by atoms with Gasteiger partial charge in [0.25, 0.3) is 0 Å². The molecule has 1 aliphatic heterocycles. The lowest BCUT2D eigenvalue weighted by Gasteiger charge is -2.11. The number of ether oxygens (including phenoxy) is 2. The van der Waals surface area contributed by atoms with E-state index < -0.39 is 0 Å². The molecule has 1 aromatic carbocycles. The Morgan fingerprint density at radius 3 is 3.24 bits per heavy atom. The second kappa shape index (κ2) is 6.24. The number of benzene rings is 1. The van der Waals surface area contributed by atoms with Gasteiger partial charge in [-0.15, -0.1) is 0 Å². The quantitative estimate of drug-likeness (QED) is 0.835. The monoisotopic (exact) mass is 232 g/mol. The van der Waals surface area contributed by atoms with Crippen molar-refractivity contribution in [3.8, 4) is 11.8 Å². The van der Waals surface area contributed by atoms with Gasteiger partial charge in [-0.05, 0) is 24.1 Å². The molecule has 0 aliphatic carbocycles. The van der Waals surface area contributed by atoms with Gasteiger partial charge in [-0.1, -0.05) is 12.1 Å². The number of nitrogens with one attached hydrogen (secondary N) is 1. The highest BCUT2D eigenvalue weighted by atomic mass is 16.5. The first-order valence-electron chi connectivity index (χ1n) is 5.78. The Morgan fingerprint density at radius 1 is 1.53 bits per heavy atom. The van der Waals surface area contributed by atoms with Crippen LogP contribution in [-0.2, 0) is 11.3 Å². The Balaban J connectivity index is 1.85. The van der Waals surface area contributed by atoms with Crippen molar-refractivity contribution in [3.05, 3.63) is 29.8 Å². The number of hydrogen-bond donors (Lipinski definition) is 1. The van der Waals surface area contributed by atoms with E-state index >= 15 is 0 Å². The van der Waals surface area contributed by atoms with Gasteiger partial charge >= 0.3 is 0 Å². The van der Waals surface area contributed by atoms with Crippen molar-refractivity contribution in [3.63, 3.8) is 0 Å². The standard InChI is InChI=1S/C13H16N2O2/c14-5-7-17-13-3-1-2-11(8-13)9-15-12-4-6-16-10-12/h1-3,8,12,15H,4,6-7,9-10H2. The van der Waals surface area contributed by atoms with E-state index in [9.17, 15) is 0 Å². The van der Waals surface area contributed by atoms with Crippen molar-refractivity contribution < 1.29 is 9.47 Å². The van der Waals surface area contributed by atoms with E-state index in [1.165, 1.54) is 0 Å². The predicted molar refractivity (Wildman–Crippen MR) is 63.6 cm³/mol. The Bertz CT molecular complexity index is 395. The number of hydrogen-bond acceptors (Lipinski definition) is 4. The Morgan fingerprint density at radius 2 is 2.47 bits per heavy atom. The van der Waals surface area contributed by atoms with Crippen LogP contribution in [0.15, 0.2) is 24.3 Å². The van der Waals surface area contributed by atoms with Gasteiger partial charge in [-0.2, -0.15) is 5.26 Å². The first-order valence-corrected chi connectivity index (χ1v) is 5.78. The molecule has 1 aromatic rings. The number of nitrogens with zero attached hydrogens (tertiary/aromatic N) is 1. The molecule has 1 unspecified atom stereocenters. The minimum absolute atomic E-state index is 0.0906. The summed E-state index contributed by atoms with van der Waals surface area (Å²) in [7, 11) is 0. The molecular weight excluding hydrogens is 216 g/mol. The molecule has 0 saturated carbocycles. The lowest BCUT2D eigenvalue weighted by Crippen LogP contribution is -2.28. The lowest BCUT2D eigenvalue weighted by atomic mass is 10.2. The highest BCUT2D eigenvalue weighted by Gasteiger charge is 2.14. The molecule has 4 nitrogen and oxygen atoms in total. The van der Waals surface area contributed by atoms with E-state index in [0.717, 1.165) is 37.5 Å². The van der Waals surface area contributed by atoms with Crippen LogP contribution in [0.4, 0.5) is 0 Å². The average Bonchev–Trinajstić information content (AvgIpc) is 2.87. The number of rotatable bonds is 5. The van der Waals surface area contributed by atoms with Crippen molar-refractivity contribution in [2.45, 2.75) is 19.0 Å². The van der Waals surface area contributed by atoms with Gasteiger partial charge in [-0.25, -0.2) is 0 Å². The van der Waals surface area contributed by atoms with Crippen LogP contribution in [0.3, 0.4) is 0 Å². The zero-order valence-corrected chi connectivity index (χ0v) is 9.69. The smallest absolute Gasteiger partial charge is 0.174 e. The van der Waals surface area contributed by atoms with Gasteiger partial charge in [0, 0.05) is 19.2 Å². The SMILES string of the molecule is N#CCOc1cccc(CNC2CCOC2)c1. The van der Waals surface area contributed by atoms with Crippen LogP contribution in [0.2, 0.25) is 0 Å². The zero-order chi connectivity index (χ0) is 11.9. The molecule has 1 N–H and O–H groups in total. The predicted octanol–water partition coefficient (Wildman–Crippen LogP) is 1.47. The first kappa shape index (κ1) is 11.9. The summed E-state index contributed by atoms with van der Waals surface area (Å²) in [5.41, 5.74) is 1.16. The van der Waals surface area contributed by atoms with Crippen LogP contribution >= 0.6 is 0 Å². The van der Waals surface area contributed by atoms with Crippen LogP contribution in [0.5, 0.6) is 5.75 Å². The van der Waals surface area contributed by atoms with Crippen LogP contribution in [-0.4, -0.2) is 25.9 Å². The lowest BCUT2D eigenvalue weighted by molar-refractivity contribution is 0.190. The van der Waals surface area contributed by atoms with Gasteiger partial charge in [0.2, 0.25) is 0 Å². The summed E-state index contributed by atoms with van der Waals surface area (Å²) < 4.78 is 10.6. The van der Waals surface area contributed by atoms with Crippen molar-refractivity contribution in [1.29, 1.82) is 5.26 Å². The molecule has 1 saturated heterocycles. The largest absolute Gasteiger partial charge is 0.479 e. The molecule has 90 valence electrons. The highest BCUT2D eigenvalue weighted by molar-refractivity contribution is 5.28. The van der Waals surface area contributed by atoms with E-state index in [2.05, 4.69) is 5.32 Å². The molecule has 2 rings (SSSR count). The van der Waals surface area contributed by atoms with Crippen LogP contribution < -0.4 is 10.1 Å². The van der Waals surface area contributed by atoms with Crippen molar-refractivity contribution in [1.82, 2.24) is 5.32 Å². The summed E-state index contributed by atoms with van der Waals surface area (Å²) in [5, 5.41) is 11.9. The summed E-state index contributed by atoms with van der Waals surface area (Å²) in [6.07, 6.45) is 1.07. The second-order valence-electron chi connectivity index (χ2n) is 4.04. The van der Waals surface area contributed by atoms with Crippen molar-refractivity contribution in [2.75, 3.05) is 19.8 Å². The molecule has 1 aliphatic rings. The molecular formula is C13H16N2O2. The molecule has 0 radical (unpaired) electrons. The highest BCUT2D eigenvalue weighted by Crippen LogP contribution is 2.13. The van der Waals surface area contributed by atoms with Crippen LogP contribution in [0.1, 0.15) is 12.0 Å². The third-order valence-corrected chi connectivity index (χ3v) is 2.73. The third-order valence-electron chi connectivity index (χ3n) is 2.73. The Hall–Kier alpha value is -1.57. The molecule has 1 atom stereocenters. The van der Waals surface area contributed by atoms with Crippen LogP contribution in [0.25, 0.3) is 0 Å². The average molecular weight is 232 g/mol. The van der Waals surface area contributed by atoms with E-state index in [0.29, 0.717) is 6.04 Å². The Kier molecular flexibility index (Phi) is 4.37. The summed E-state index contributed by atoms with van der Waals surface area (Å²) in [4.78, 5) is 0. The van der Waals surface area contributed by atoms with Gasteiger partial charge in [0.05, 0.1) is 6.61 Å². The van der Waals surface area contributed by atoms with Gasteiger partial charge in [-0.3, -0.25) is 0 Å². The molecule has 17 heavy (non-hydrogen) atoms. The van der Waals surface area contributed by atoms with Crippen molar-refractivity contribution in [2.24, 2.45) is 0 Å². The maximum absolute atomic E-state index is 8.44. The van der Waals surface area contributed by atoms with Crippen LogP contribution in [0, 0.1) is 11.3 Å². The van der Waals surface area contributed by atoms with Crippen molar-refractivity contribution >= 4 is 0 Å². The van der Waals surface area contributed by atoms with E-state index in [1.54, 1.807) is 0 Å². The second-order valence-corrected chi connectivity index (χ2v) is 4.04. The summed E-state index contributed by atoms with van der Waals surface area (Å²) in [6.45, 7) is 2.54. The van der Waals surface area contributed by atoms with Gasteiger partial charge in [0.15, 0.2) is 6.61 Å². The summed E-state index contributed by atoms with van der Waals surface area (Å²) >= 11 is 0. The molecule has 0 amide bonds. The normalized spacial score (nSPS) is 18.9. The van der Waals surface area contributed by atoms with Gasteiger partial charge < -0.3 is 14.8 Å².